The van der Waals surface area contributed by atoms with E-state index in [0.29, 0.717) is 55.5 Å². The number of aromatic hydroxyl groups is 1. The second-order valence-corrected chi connectivity index (χ2v) is 13.6. The fourth-order valence-electron chi connectivity index (χ4n) is 7.10. The van der Waals surface area contributed by atoms with E-state index in [1.165, 1.54) is 11.1 Å². The van der Waals surface area contributed by atoms with Gasteiger partial charge in [-0.2, -0.15) is 14.8 Å². The van der Waals surface area contributed by atoms with Crippen LogP contribution in [-0.4, -0.2) is 99.0 Å². The largest absolute Gasteiger partial charge is 0.508 e. The normalized spacial score (nSPS) is 21.0. The van der Waals surface area contributed by atoms with Crippen LogP contribution >= 0.6 is 0 Å². The Balaban J connectivity index is 1.07. The first-order valence-electron chi connectivity index (χ1n) is 18.3. The fourth-order valence-corrected chi connectivity index (χ4v) is 7.10. The number of hydrogen-bond donors (Lipinski definition) is 6. The number of ether oxygens (including phenoxy) is 1. The fraction of sp³-hybridized carbons (Fsp3) is 0.342. The molecule has 2 aliphatic rings. The summed E-state index contributed by atoms with van der Waals surface area (Å²) in [6, 6.07) is 26.7. The number of aliphatic hydroxyl groups is 2. The number of anilines is 2. The number of amides is 2. The van der Waals surface area contributed by atoms with E-state index >= 15 is 0 Å². The molecule has 6 N–H and O–H groups in total. The molecule has 2 saturated heterocycles. The van der Waals surface area contributed by atoms with Crippen molar-refractivity contribution in [2.24, 2.45) is 0 Å². The Morgan fingerprint density at radius 2 is 1.75 bits per heavy atom. The van der Waals surface area contributed by atoms with Crippen LogP contribution in [0.25, 0.3) is 11.2 Å². The highest BCUT2D eigenvalue weighted by atomic mass is 16.6. The molecule has 2 amide bonds. The van der Waals surface area contributed by atoms with Gasteiger partial charge in [-0.15, -0.1) is 10.2 Å². The first-order valence-corrected chi connectivity index (χ1v) is 18.3. The molecule has 17 heteroatoms. The Bertz CT molecular complexity index is 2200. The molecule has 17 nitrogen and oxygen atoms in total. The lowest BCUT2D eigenvalue weighted by Crippen LogP contribution is -2.43. The van der Waals surface area contributed by atoms with Crippen molar-refractivity contribution in [3.05, 3.63) is 114 Å². The number of urea groups is 1. The van der Waals surface area contributed by atoms with E-state index in [0.717, 1.165) is 16.7 Å². The molecule has 55 heavy (non-hydrogen) atoms. The summed E-state index contributed by atoms with van der Waals surface area (Å²) in [6.45, 7) is 4.10. The van der Waals surface area contributed by atoms with Crippen LogP contribution in [0.4, 0.5) is 16.6 Å². The lowest BCUT2D eigenvalue weighted by Gasteiger charge is -2.22. The lowest BCUT2D eigenvalue weighted by molar-refractivity contribution is -0.0384. The van der Waals surface area contributed by atoms with E-state index in [-0.39, 0.29) is 36.1 Å². The Hall–Kier alpha value is -6.17. The number of imidazole rings is 1. The molecule has 284 valence electrons. The van der Waals surface area contributed by atoms with Crippen molar-refractivity contribution in [1.29, 1.82) is 0 Å². The number of aryl methyl sites for hydroxylation is 1. The number of tetrazole rings is 1. The second-order valence-electron chi connectivity index (χ2n) is 13.6. The highest BCUT2D eigenvalue weighted by Gasteiger charge is 2.47. The number of nitrogens with zero attached hydrogens (tertiary/aromatic N) is 9. The summed E-state index contributed by atoms with van der Waals surface area (Å²) in [4.78, 5) is 30.8. The molecule has 8 rings (SSSR count). The number of carbonyl (C=O) groups is 1. The maximum atomic E-state index is 12.8. The maximum Gasteiger partial charge on any atom is 0.315 e. The molecule has 5 atom stereocenters. The van der Waals surface area contributed by atoms with Crippen molar-refractivity contribution in [2.45, 2.75) is 62.9 Å². The van der Waals surface area contributed by atoms with Crippen LogP contribution in [0, 0.1) is 0 Å². The van der Waals surface area contributed by atoms with Crippen molar-refractivity contribution in [1.82, 2.24) is 50.4 Å². The van der Waals surface area contributed by atoms with Crippen LogP contribution in [0.3, 0.4) is 0 Å². The van der Waals surface area contributed by atoms with E-state index in [4.69, 9.17) is 14.7 Å². The third-order valence-electron chi connectivity index (χ3n) is 9.98. The predicted octanol–water partition coefficient (Wildman–Crippen LogP) is 2.85. The number of hydrogen-bond acceptors (Lipinski definition) is 13. The Labute approximate surface area is 316 Å². The van der Waals surface area contributed by atoms with Gasteiger partial charge in [-0.05, 0) is 47.4 Å². The molecule has 0 radical (unpaired) electrons. The molecule has 3 aromatic carbocycles. The molecular formula is C38H42N12O5. The summed E-state index contributed by atoms with van der Waals surface area (Å²) < 4.78 is 7.80. The molecule has 3 aromatic heterocycles. The Morgan fingerprint density at radius 3 is 2.45 bits per heavy atom. The van der Waals surface area contributed by atoms with Crippen molar-refractivity contribution in [3.63, 3.8) is 0 Å². The zero-order valence-corrected chi connectivity index (χ0v) is 30.1. The minimum Gasteiger partial charge on any atom is -0.508 e. The SMILES string of the molecule is CCn1nnc(C2OC(n3cnc4c(NCC(c5ccccc5)c5ccccc5)nc(N5CCC(NC(=O)NCc6cccc(O)c6)C5)nc43)C(O)C2O)n1. The lowest BCUT2D eigenvalue weighted by atomic mass is 9.91. The standard InChI is InChI=1S/C38H42N12O5/c1-2-50-46-34(45-47-50)32-30(52)31(53)36(55-32)49-22-41-29-33(39-20-28(24-11-5-3-6-12-24)25-13-7-4-8-14-25)43-37(44-35(29)49)48-17-16-26(21-48)42-38(54)40-19-23-10-9-15-27(51)18-23/h3-15,18,22,26,28,30-32,36,51-53H,2,16-17,19-21H2,1H3,(H,39,43,44)(H2,40,42,54). The van der Waals surface area contributed by atoms with Crippen LogP contribution in [0.1, 0.15) is 54.1 Å². The minimum atomic E-state index is -1.36. The molecule has 0 bridgehead atoms. The van der Waals surface area contributed by atoms with E-state index in [1.807, 2.05) is 54.3 Å². The van der Waals surface area contributed by atoms with Crippen molar-refractivity contribution in [2.75, 3.05) is 29.9 Å². The summed E-state index contributed by atoms with van der Waals surface area (Å²) in [5.74, 6) is 1.16. The topological polar surface area (TPSA) is 214 Å². The van der Waals surface area contributed by atoms with E-state index in [9.17, 15) is 20.1 Å². The number of phenolic OH excluding ortho intramolecular Hbond substituents is 1. The maximum absolute atomic E-state index is 12.8. The van der Waals surface area contributed by atoms with Gasteiger partial charge in [-0.1, -0.05) is 72.8 Å². The predicted molar refractivity (Wildman–Crippen MR) is 201 cm³/mol. The highest BCUT2D eigenvalue weighted by molar-refractivity contribution is 5.84. The first-order chi connectivity index (χ1) is 26.8. The van der Waals surface area contributed by atoms with Gasteiger partial charge in [0.15, 0.2) is 29.3 Å². The number of fused-ring (bicyclic) bond motifs is 1. The number of rotatable bonds is 12. The average Bonchev–Trinajstić information content (AvgIpc) is 4.02. The van der Waals surface area contributed by atoms with Crippen LogP contribution in [-0.2, 0) is 17.8 Å². The first kappa shape index (κ1) is 35.8. The van der Waals surface area contributed by atoms with Crippen molar-refractivity contribution in [3.8, 4) is 5.75 Å². The number of benzene rings is 3. The number of carbonyl (C=O) groups excluding carboxylic acids is 1. The zero-order chi connectivity index (χ0) is 37.9. The molecule has 2 aliphatic heterocycles. The van der Waals surface area contributed by atoms with Gasteiger partial charge in [0.05, 0.1) is 12.9 Å². The van der Waals surface area contributed by atoms with Gasteiger partial charge < -0.3 is 40.9 Å². The molecule has 2 fully saturated rings. The van der Waals surface area contributed by atoms with Crippen LogP contribution < -0.4 is 20.9 Å². The third-order valence-corrected chi connectivity index (χ3v) is 9.98. The van der Waals surface area contributed by atoms with E-state index in [2.05, 4.69) is 60.6 Å². The molecule has 5 heterocycles. The number of nitrogens with one attached hydrogen (secondary N) is 3. The molecule has 5 unspecified atom stereocenters. The summed E-state index contributed by atoms with van der Waals surface area (Å²) in [6.07, 6.45) is -2.62. The Morgan fingerprint density at radius 1 is 0.982 bits per heavy atom. The molecule has 6 aromatic rings. The molecule has 0 aliphatic carbocycles. The summed E-state index contributed by atoms with van der Waals surface area (Å²) >= 11 is 0. The van der Waals surface area contributed by atoms with E-state index in [1.54, 1.807) is 22.8 Å². The molecule has 0 spiro atoms. The molecule has 0 saturated carbocycles. The Kier molecular flexibility index (Phi) is 10.2. The number of aliphatic hydroxyl groups excluding tert-OH is 2. The smallest absolute Gasteiger partial charge is 0.315 e. The van der Waals surface area contributed by atoms with Gasteiger partial charge >= 0.3 is 6.03 Å². The van der Waals surface area contributed by atoms with Gasteiger partial charge in [-0.3, -0.25) is 4.57 Å². The molecular weight excluding hydrogens is 704 g/mol. The van der Waals surface area contributed by atoms with Gasteiger partial charge in [0.2, 0.25) is 11.8 Å². The van der Waals surface area contributed by atoms with Crippen molar-refractivity contribution < 1.29 is 24.9 Å². The van der Waals surface area contributed by atoms with E-state index < -0.39 is 24.5 Å². The van der Waals surface area contributed by atoms with Gasteiger partial charge in [0.25, 0.3) is 0 Å². The van der Waals surface area contributed by atoms with Crippen molar-refractivity contribution >= 4 is 29.0 Å². The van der Waals surface area contributed by atoms with Gasteiger partial charge in [0.1, 0.15) is 18.0 Å². The monoisotopic (exact) mass is 746 g/mol. The second kappa shape index (κ2) is 15.7. The van der Waals surface area contributed by atoms with Crippen LogP contribution in [0.5, 0.6) is 5.75 Å². The highest BCUT2D eigenvalue weighted by Crippen LogP contribution is 2.39. The average molecular weight is 747 g/mol. The third kappa shape index (κ3) is 7.62. The van der Waals surface area contributed by atoms with Crippen LogP contribution in [0.2, 0.25) is 0 Å². The number of aromatic nitrogens is 8. The zero-order valence-electron chi connectivity index (χ0n) is 30.1. The summed E-state index contributed by atoms with van der Waals surface area (Å²) in [5, 5.41) is 53.9. The van der Waals surface area contributed by atoms with Gasteiger partial charge in [-0.25, -0.2) is 9.78 Å². The summed E-state index contributed by atoms with van der Waals surface area (Å²) in [5.41, 5.74) is 3.87. The van der Waals surface area contributed by atoms with Crippen LogP contribution in [0.15, 0.2) is 91.3 Å². The van der Waals surface area contributed by atoms with Gasteiger partial charge in [0, 0.05) is 38.1 Å². The minimum absolute atomic E-state index is 0.0170. The quantitative estimate of drug-likeness (QED) is 0.106. The summed E-state index contributed by atoms with van der Waals surface area (Å²) in [7, 11) is 0. The number of phenols is 1.